The van der Waals surface area contributed by atoms with Gasteiger partial charge >= 0.3 is 5.97 Å². The number of carbonyl (C=O) groups excluding carboxylic acids is 2. The second kappa shape index (κ2) is 6.32. The van der Waals surface area contributed by atoms with Crippen molar-refractivity contribution in [2.75, 3.05) is 13.7 Å². The van der Waals surface area contributed by atoms with Gasteiger partial charge in [-0.25, -0.2) is 0 Å². The Bertz CT molecular complexity index is 375. The third kappa shape index (κ3) is 4.06. The van der Waals surface area contributed by atoms with Crippen molar-refractivity contribution in [1.29, 1.82) is 0 Å². The van der Waals surface area contributed by atoms with E-state index < -0.39 is 0 Å². The van der Waals surface area contributed by atoms with Crippen LogP contribution in [-0.2, 0) is 9.53 Å². The molecule has 0 saturated heterocycles. The summed E-state index contributed by atoms with van der Waals surface area (Å²) in [6, 6.07) is 3.21. The Hall–Kier alpha value is -1.30. The number of halogens is 1. The van der Waals surface area contributed by atoms with Crippen LogP contribution in [0.15, 0.2) is 21.2 Å². The second-order valence-electron chi connectivity index (χ2n) is 3.04. The molecule has 1 aromatic heterocycles. The summed E-state index contributed by atoms with van der Waals surface area (Å²) in [4.78, 5) is 22.2. The highest BCUT2D eigenvalue weighted by Gasteiger charge is 2.09. The standard InChI is InChI=1S/C10H12BrNO4/c1-15-9(13)3-2-6-12-10(14)7-4-5-8(11)16-7/h4-5H,2-3,6H2,1H3,(H,12,14). The molecule has 0 atom stereocenters. The van der Waals surface area contributed by atoms with Crippen molar-refractivity contribution in [3.8, 4) is 0 Å². The van der Waals surface area contributed by atoms with Gasteiger partial charge in [-0.05, 0) is 34.5 Å². The van der Waals surface area contributed by atoms with Crippen molar-refractivity contribution >= 4 is 27.8 Å². The fourth-order valence-electron chi connectivity index (χ4n) is 1.06. The number of furan rings is 1. The lowest BCUT2D eigenvalue weighted by Gasteiger charge is -2.02. The molecule has 1 aromatic rings. The summed E-state index contributed by atoms with van der Waals surface area (Å²) in [5, 5.41) is 2.63. The van der Waals surface area contributed by atoms with Gasteiger partial charge in [-0.1, -0.05) is 0 Å². The van der Waals surface area contributed by atoms with Gasteiger partial charge in [0.15, 0.2) is 10.4 Å². The average molecular weight is 290 g/mol. The predicted octanol–water partition coefficient (Wildman–Crippen LogP) is 1.73. The number of amides is 1. The van der Waals surface area contributed by atoms with Gasteiger partial charge < -0.3 is 14.5 Å². The van der Waals surface area contributed by atoms with Crippen molar-refractivity contribution in [3.63, 3.8) is 0 Å². The molecule has 0 spiro atoms. The minimum atomic E-state index is -0.296. The monoisotopic (exact) mass is 289 g/mol. The van der Waals surface area contributed by atoms with Crippen molar-refractivity contribution in [2.24, 2.45) is 0 Å². The molecule has 0 radical (unpaired) electrons. The average Bonchev–Trinajstić information content (AvgIpc) is 2.70. The number of hydrogen-bond acceptors (Lipinski definition) is 4. The minimum absolute atomic E-state index is 0.241. The molecule has 0 aliphatic heterocycles. The lowest BCUT2D eigenvalue weighted by atomic mass is 10.3. The minimum Gasteiger partial charge on any atom is -0.469 e. The summed E-state index contributed by atoms with van der Waals surface area (Å²) >= 11 is 3.10. The summed E-state index contributed by atoms with van der Waals surface area (Å²) < 4.78 is 10.0. The van der Waals surface area contributed by atoms with E-state index in [0.29, 0.717) is 24.1 Å². The van der Waals surface area contributed by atoms with E-state index in [0.717, 1.165) is 0 Å². The number of esters is 1. The van der Waals surface area contributed by atoms with E-state index in [1.807, 2.05) is 0 Å². The quantitative estimate of drug-likeness (QED) is 0.662. The first-order valence-electron chi connectivity index (χ1n) is 4.74. The number of nitrogens with one attached hydrogen (secondary N) is 1. The van der Waals surface area contributed by atoms with Gasteiger partial charge in [0.1, 0.15) is 0 Å². The molecule has 6 heteroatoms. The van der Waals surface area contributed by atoms with Crippen LogP contribution in [0.3, 0.4) is 0 Å². The zero-order chi connectivity index (χ0) is 12.0. The first-order valence-corrected chi connectivity index (χ1v) is 5.53. The number of hydrogen-bond donors (Lipinski definition) is 1. The van der Waals surface area contributed by atoms with E-state index in [4.69, 9.17) is 4.42 Å². The fraction of sp³-hybridized carbons (Fsp3) is 0.400. The zero-order valence-corrected chi connectivity index (χ0v) is 10.4. The normalized spacial score (nSPS) is 9.88. The molecular weight excluding hydrogens is 278 g/mol. The van der Waals surface area contributed by atoms with Crippen molar-refractivity contribution in [1.82, 2.24) is 5.32 Å². The maximum absolute atomic E-state index is 11.4. The van der Waals surface area contributed by atoms with E-state index in [2.05, 4.69) is 26.0 Å². The highest BCUT2D eigenvalue weighted by atomic mass is 79.9. The van der Waals surface area contributed by atoms with Crippen LogP contribution in [-0.4, -0.2) is 25.5 Å². The van der Waals surface area contributed by atoms with Crippen molar-refractivity contribution in [2.45, 2.75) is 12.8 Å². The molecule has 0 aliphatic rings. The highest BCUT2D eigenvalue weighted by Crippen LogP contribution is 2.13. The number of carbonyl (C=O) groups is 2. The third-order valence-corrected chi connectivity index (χ3v) is 2.29. The van der Waals surface area contributed by atoms with Crippen LogP contribution in [0, 0.1) is 0 Å². The third-order valence-electron chi connectivity index (χ3n) is 1.87. The van der Waals surface area contributed by atoms with Crippen LogP contribution in [0.2, 0.25) is 0 Å². The van der Waals surface area contributed by atoms with Gasteiger partial charge in [0, 0.05) is 13.0 Å². The molecule has 0 aromatic carbocycles. The first-order chi connectivity index (χ1) is 7.63. The molecule has 0 fully saturated rings. The largest absolute Gasteiger partial charge is 0.469 e. The molecule has 1 heterocycles. The molecule has 0 bridgehead atoms. The molecule has 1 rings (SSSR count). The Morgan fingerprint density at radius 2 is 2.25 bits per heavy atom. The Balaban J connectivity index is 2.23. The van der Waals surface area contributed by atoms with Gasteiger partial charge in [-0.2, -0.15) is 0 Å². The topological polar surface area (TPSA) is 68.5 Å². The van der Waals surface area contributed by atoms with E-state index in [-0.39, 0.29) is 17.6 Å². The molecular formula is C10H12BrNO4. The molecule has 0 unspecified atom stereocenters. The Morgan fingerprint density at radius 1 is 1.50 bits per heavy atom. The molecule has 0 saturated carbocycles. The van der Waals surface area contributed by atoms with E-state index in [1.165, 1.54) is 7.11 Å². The highest BCUT2D eigenvalue weighted by molar-refractivity contribution is 9.10. The van der Waals surface area contributed by atoms with E-state index in [9.17, 15) is 9.59 Å². The summed E-state index contributed by atoms with van der Waals surface area (Å²) in [6.07, 6.45) is 0.832. The Morgan fingerprint density at radius 3 is 2.81 bits per heavy atom. The SMILES string of the molecule is COC(=O)CCCNC(=O)c1ccc(Br)o1. The van der Waals surface area contributed by atoms with Gasteiger partial charge in [-0.15, -0.1) is 0 Å². The van der Waals surface area contributed by atoms with Crippen LogP contribution in [0.4, 0.5) is 0 Å². The molecule has 0 aliphatic carbocycles. The summed E-state index contributed by atoms with van der Waals surface area (Å²) in [6.45, 7) is 0.409. The zero-order valence-electron chi connectivity index (χ0n) is 8.79. The van der Waals surface area contributed by atoms with Gasteiger partial charge in [0.25, 0.3) is 5.91 Å². The van der Waals surface area contributed by atoms with Gasteiger partial charge in [0.05, 0.1) is 7.11 Å². The molecule has 16 heavy (non-hydrogen) atoms. The van der Waals surface area contributed by atoms with Crippen LogP contribution in [0.1, 0.15) is 23.4 Å². The van der Waals surface area contributed by atoms with Crippen LogP contribution < -0.4 is 5.32 Å². The maximum Gasteiger partial charge on any atom is 0.305 e. The second-order valence-corrected chi connectivity index (χ2v) is 3.82. The van der Waals surface area contributed by atoms with E-state index >= 15 is 0 Å². The van der Waals surface area contributed by atoms with Crippen LogP contribution in [0.25, 0.3) is 0 Å². The summed E-state index contributed by atoms with van der Waals surface area (Å²) in [5.74, 6) is -0.337. The van der Waals surface area contributed by atoms with Crippen LogP contribution >= 0.6 is 15.9 Å². The van der Waals surface area contributed by atoms with Gasteiger partial charge in [0.2, 0.25) is 0 Å². The smallest absolute Gasteiger partial charge is 0.305 e. The number of ether oxygens (including phenoxy) is 1. The predicted molar refractivity (Wildman–Crippen MR) is 60.0 cm³/mol. The fourth-order valence-corrected chi connectivity index (χ4v) is 1.37. The summed E-state index contributed by atoms with van der Waals surface area (Å²) in [5.41, 5.74) is 0. The van der Waals surface area contributed by atoms with E-state index in [1.54, 1.807) is 12.1 Å². The van der Waals surface area contributed by atoms with Gasteiger partial charge in [-0.3, -0.25) is 9.59 Å². The first kappa shape index (κ1) is 12.8. The lowest BCUT2D eigenvalue weighted by Crippen LogP contribution is -2.24. The van der Waals surface area contributed by atoms with Crippen LogP contribution in [0.5, 0.6) is 0 Å². The Labute approximate surface area is 101 Å². The number of rotatable bonds is 5. The lowest BCUT2D eigenvalue weighted by molar-refractivity contribution is -0.140. The molecule has 5 nitrogen and oxygen atoms in total. The molecule has 1 N–H and O–H groups in total. The summed E-state index contributed by atoms with van der Waals surface area (Å²) in [7, 11) is 1.33. The molecule has 88 valence electrons. The van der Waals surface area contributed by atoms with Crippen molar-refractivity contribution in [3.05, 3.63) is 22.6 Å². The molecule has 1 amide bonds. The van der Waals surface area contributed by atoms with Crippen molar-refractivity contribution < 1.29 is 18.7 Å². The Kier molecular flexibility index (Phi) is 5.04. The maximum atomic E-state index is 11.4. The number of methoxy groups -OCH3 is 1.